The summed E-state index contributed by atoms with van der Waals surface area (Å²) in [6.07, 6.45) is -0.0944. The molecule has 0 aliphatic carbocycles. The van der Waals surface area contributed by atoms with E-state index in [0.29, 0.717) is 5.56 Å². The summed E-state index contributed by atoms with van der Waals surface area (Å²) in [6.45, 7) is 7.22. The van der Waals surface area contributed by atoms with Crippen molar-refractivity contribution in [3.8, 4) is 17.2 Å². The van der Waals surface area contributed by atoms with Crippen molar-refractivity contribution in [1.82, 2.24) is 4.98 Å². The number of carboxylic acids is 1. The van der Waals surface area contributed by atoms with Crippen molar-refractivity contribution < 1.29 is 9.90 Å². The van der Waals surface area contributed by atoms with Crippen LogP contribution in [-0.4, -0.2) is 21.8 Å². The largest absolute Gasteiger partial charge is 0.481 e. The third-order valence-electron chi connectivity index (χ3n) is 3.00. The lowest BCUT2D eigenvalue weighted by atomic mass is 10.0. The molecule has 0 radical (unpaired) electrons. The van der Waals surface area contributed by atoms with Gasteiger partial charge in [0.25, 0.3) is 11.2 Å². The highest BCUT2D eigenvalue weighted by Crippen LogP contribution is 2.35. The number of aromatic nitrogens is 1. The zero-order valence-corrected chi connectivity index (χ0v) is 12.7. The number of hydrogen-bond donors (Lipinski definition) is 2. The molecule has 2 rings (SSSR count). The number of rotatable bonds is 5. The fourth-order valence-corrected chi connectivity index (χ4v) is 2.96. The zero-order chi connectivity index (χ0) is 16.8. The van der Waals surface area contributed by atoms with Crippen LogP contribution in [0.2, 0.25) is 0 Å². The van der Waals surface area contributed by atoms with E-state index in [0.717, 1.165) is 11.8 Å². The summed E-state index contributed by atoms with van der Waals surface area (Å²) >= 11 is 1.08. The van der Waals surface area contributed by atoms with Gasteiger partial charge >= 0.3 is 5.97 Å². The Morgan fingerprint density at radius 3 is 2.65 bits per heavy atom. The number of benzene rings is 1. The van der Waals surface area contributed by atoms with Crippen molar-refractivity contribution in [2.45, 2.75) is 11.4 Å². The van der Waals surface area contributed by atoms with Gasteiger partial charge in [-0.1, -0.05) is 30.3 Å². The van der Waals surface area contributed by atoms with Crippen LogP contribution in [-0.2, 0) is 4.79 Å². The van der Waals surface area contributed by atoms with Crippen LogP contribution in [0.5, 0.6) is 0 Å². The molecule has 1 heterocycles. The third kappa shape index (κ3) is 3.60. The average Bonchev–Trinajstić information content (AvgIpc) is 2.54. The second-order valence-corrected chi connectivity index (χ2v) is 5.57. The number of carbonyl (C=O) groups is 1. The summed E-state index contributed by atoms with van der Waals surface area (Å²) in [5.74, 6) is -0.745. The van der Waals surface area contributed by atoms with Crippen LogP contribution < -0.4 is 5.56 Å². The Morgan fingerprint density at radius 1 is 1.39 bits per heavy atom. The Bertz CT molecular complexity index is 876. The maximum atomic E-state index is 12.1. The average molecular weight is 325 g/mol. The Kier molecular flexibility index (Phi) is 5.19. The Hall–Kier alpha value is -3.03. The van der Waals surface area contributed by atoms with E-state index in [2.05, 4.69) is 9.83 Å². The molecule has 23 heavy (non-hydrogen) atoms. The molecule has 0 fully saturated rings. The minimum absolute atomic E-state index is 0.0944. The lowest BCUT2D eigenvalue weighted by Gasteiger charge is -2.11. The number of aromatic amines is 1. The van der Waals surface area contributed by atoms with E-state index < -0.39 is 11.5 Å². The molecule has 0 saturated heterocycles. The molecule has 6 nitrogen and oxygen atoms in total. The summed E-state index contributed by atoms with van der Waals surface area (Å²) in [6, 6.07) is 10.8. The number of aliphatic carboxylic acids is 1. The first-order valence-electron chi connectivity index (χ1n) is 6.56. The van der Waals surface area contributed by atoms with Crippen LogP contribution in [0.1, 0.15) is 12.0 Å². The molecule has 0 aliphatic rings. The molecule has 0 unspecified atom stereocenters. The maximum absolute atomic E-state index is 12.1. The highest BCUT2D eigenvalue weighted by molar-refractivity contribution is 7.99. The number of nitriles is 1. The molecule has 7 heteroatoms. The minimum atomic E-state index is -0.959. The van der Waals surface area contributed by atoms with E-state index in [9.17, 15) is 14.9 Å². The normalized spacial score (nSPS) is 9.83. The van der Waals surface area contributed by atoms with Crippen molar-refractivity contribution in [2.24, 2.45) is 0 Å². The summed E-state index contributed by atoms with van der Waals surface area (Å²) in [5.41, 5.74) is 0.328. The van der Waals surface area contributed by atoms with E-state index in [1.807, 2.05) is 6.07 Å². The fourth-order valence-electron chi connectivity index (χ4n) is 2.02. The van der Waals surface area contributed by atoms with Crippen LogP contribution in [0.4, 0.5) is 5.69 Å². The summed E-state index contributed by atoms with van der Waals surface area (Å²) in [7, 11) is 0. The highest BCUT2D eigenvalue weighted by atomic mass is 32.2. The van der Waals surface area contributed by atoms with Crippen molar-refractivity contribution in [3.63, 3.8) is 0 Å². The predicted molar refractivity (Wildman–Crippen MR) is 86.5 cm³/mol. The molecule has 0 bridgehead atoms. The molecule has 0 saturated carbocycles. The van der Waals surface area contributed by atoms with Gasteiger partial charge in [0.15, 0.2) is 0 Å². The topological polar surface area (TPSA) is 98.3 Å². The molecular formula is C16H11N3O3S. The number of nitrogens with zero attached hydrogens (tertiary/aromatic N) is 2. The second kappa shape index (κ2) is 7.30. The minimum Gasteiger partial charge on any atom is -0.481 e. The van der Waals surface area contributed by atoms with E-state index in [1.165, 1.54) is 0 Å². The van der Waals surface area contributed by atoms with Crippen molar-refractivity contribution >= 4 is 23.4 Å². The number of carboxylic acid groups (broad SMARTS) is 1. The zero-order valence-electron chi connectivity index (χ0n) is 11.9. The van der Waals surface area contributed by atoms with Crippen molar-refractivity contribution in [1.29, 1.82) is 5.26 Å². The summed E-state index contributed by atoms with van der Waals surface area (Å²) in [4.78, 5) is 28.5. The van der Waals surface area contributed by atoms with Gasteiger partial charge in [-0.2, -0.15) is 5.26 Å². The standard InChI is InChI=1S/C16H11N3O3S/c1-18-14-13(10-5-3-2-4-6-10)11(9-17)16(19-15(14)22)23-8-7-12(20)21/h2-6H,7-8H2,(H,19,22)(H,20,21). The van der Waals surface area contributed by atoms with Crippen molar-refractivity contribution in [2.75, 3.05) is 5.75 Å². The molecule has 0 amide bonds. The van der Waals surface area contributed by atoms with Gasteiger partial charge in [-0.3, -0.25) is 9.59 Å². The molecule has 1 aromatic heterocycles. The molecular weight excluding hydrogens is 314 g/mol. The van der Waals surface area contributed by atoms with E-state index in [1.54, 1.807) is 30.3 Å². The monoisotopic (exact) mass is 325 g/mol. The number of pyridine rings is 1. The van der Waals surface area contributed by atoms with E-state index in [4.69, 9.17) is 11.7 Å². The number of H-pyrrole nitrogens is 1. The third-order valence-corrected chi connectivity index (χ3v) is 4.01. The molecule has 0 atom stereocenters. The number of nitrogens with one attached hydrogen (secondary N) is 1. The predicted octanol–water partition coefficient (Wildman–Crippen LogP) is 3.03. The van der Waals surface area contributed by atoms with Crippen LogP contribution in [0.25, 0.3) is 16.0 Å². The summed E-state index contributed by atoms with van der Waals surface area (Å²) < 4.78 is 0. The number of thioether (sulfide) groups is 1. The molecule has 114 valence electrons. The van der Waals surface area contributed by atoms with Gasteiger partial charge < -0.3 is 10.1 Å². The lowest BCUT2D eigenvalue weighted by Crippen LogP contribution is -2.10. The Labute approximate surface area is 136 Å². The smallest absolute Gasteiger partial charge is 0.304 e. The lowest BCUT2D eigenvalue weighted by molar-refractivity contribution is -0.136. The quantitative estimate of drug-likeness (QED) is 0.650. The van der Waals surface area contributed by atoms with Gasteiger partial charge in [-0.05, 0) is 5.56 Å². The maximum Gasteiger partial charge on any atom is 0.304 e. The van der Waals surface area contributed by atoms with E-state index in [-0.39, 0.29) is 34.0 Å². The summed E-state index contributed by atoms with van der Waals surface area (Å²) in [5, 5.41) is 18.5. The first-order chi connectivity index (χ1) is 11.1. The van der Waals surface area contributed by atoms with Crippen LogP contribution in [0.3, 0.4) is 0 Å². The van der Waals surface area contributed by atoms with Crippen LogP contribution >= 0.6 is 11.8 Å². The van der Waals surface area contributed by atoms with Gasteiger partial charge in [-0.15, -0.1) is 11.8 Å². The van der Waals surface area contributed by atoms with Gasteiger partial charge in [0.05, 0.1) is 23.6 Å². The first-order valence-corrected chi connectivity index (χ1v) is 7.55. The van der Waals surface area contributed by atoms with Gasteiger partial charge in [0.2, 0.25) is 0 Å². The SMILES string of the molecule is [C-]#[N+]c1c(-c2ccccc2)c(C#N)c(SCCC(=O)O)[nH]c1=O. The second-order valence-electron chi connectivity index (χ2n) is 4.46. The van der Waals surface area contributed by atoms with Gasteiger partial charge in [0.1, 0.15) is 6.07 Å². The Balaban J connectivity index is 2.62. The van der Waals surface area contributed by atoms with Crippen LogP contribution in [0, 0.1) is 17.9 Å². The Morgan fingerprint density at radius 2 is 2.09 bits per heavy atom. The van der Waals surface area contributed by atoms with Crippen LogP contribution in [0.15, 0.2) is 40.2 Å². The number of hydrogen-bond acceptors (Lipinski definition) is 4. The molecule has 2 N–H and O–H groups in total. The molecule has 0 aliphatic heterocycles. The highest BCUT2D eigenvalue weighted by Gasteiger charge is 2.19. The fraction of sp³-hybridized carbons (Fsp3) is 0.125. The molecule has 0 spiro atoms. The van der Waals surface area contributed by atoms with Crippen molar-refractivity contribution in [3.05, 3.63) is 57.7 Å². The first kappa shape index (κ1) is 16.3. The van der Waals surface area contributed by atoms with E-state index >= 15 is 0 Å². The van der Waals surface area contributed by atoms with Gasteiger partial charge in [0, 0.05) is 11.3 Å². The molecule has 2 aromatic rings. The van der Waals surface area contributed by atoms with Gasteiger partial charge in [-0.25, -0.2) is 4.85 Å². The molecule has 1 aromatic carbocycles.